The number of likely N-dealkylation sites (tertiary alicyclic amines) is 1. The standard InChI is InChI=1S/C16H25NO3/c1-15(2,3)20-14(19)17-10-5-4-7-11-12(17)16(13(11)18)8-6-9-16/h11-12H,4-10H2,1-3H3. The Balaban J connectivity index is 1.81. The predicted octanol–water partition coefficient (Wildman–Crippen LogP) is 3.15. The van der Waals surface area contributed by atoms with E-state index in [1.165, 1.54) is 0 Å². The van der Waals surface area contributed by atoms with Gasteiger partial charge in [-0.25, -0.2) is 4.79 Å². The first-order valence-corrected chi connectivity index (χ1v) is 7.89. The summed E-state index contributed by atoms with van der Waals surface area (Å²) >= 11 is 0. The monoisotopic (exact) mass is 279 g/mol. The number of hydrogen-bond donors (Lipinski definition) is 0. The van der Waals surface area contributed by atoms with Crippen LogP contribution < -0.4 is 0 Å². The van der Waals surface area contributed by atoms with E-state index in [0.29, 0.717) is 5.78 Å². The van der Waals surface area contributed by atoms with Gasteiger partial charge in [0.1, 0.15) is 11.4 Å². The van der Waals surface area contributed by atoms with E-state index in [4.69, 9.17) is 4.74 Å². The summed E-state index contributed by atoms with van der Waals surface area (Å²) in [6, 6.07) is 0.112. The zero-order valence-electron chi connectivity index (χ0n) is 12.8. The Morgan fingerprint density at radius 2 is 1.95 bits per heavy atom. The van der Waals surface area contributed by atoms with Crippen molar-refractivity contribution in [2.45, 2.75) is 70.9 Å². The van der Waals surface area contributed by atoms with Crippen molar-refractivity contribution in [1.29, 1.82) is 0 Å². The third-order valence-corrected chi connectivity index (χ3v) is 5.15. The van der Waals surface area contributed by atoms with Crippen molar-refractivity contribution in [1.82, 2.24) is 4.90 Å². The van der Waals surface area contributed by atoms with Crippen LogP contribution in [0.3, 0.4) is 0 Å². The van der Waals surface area contributed by atoms with Gasteiger partial charge in [-0.15, -0.1) is 0 Å². The number of carbonyl (C=O) groups excluding carboxylic acids is 2. The van der Waals surface area contributed by atoms with E-state index in [2.05, 4.69) is 0 Å². The van der Waals surface area contributed by atoms with Gasteiger partial charge in [-0.3, -0.25) is 4.79 Å². The SMILES string of the molecule is CC(C)(C)OC(=O)N1CCCCC2C(=O)C3(CCC3)C21. The van der Waals surface area contributed by atoms with Crippen molar-refractivity contribution in [2.75, 3.05) is 6.54 Å². The van der Waals surface area contributed by atoms with Crippen molar-refractivity contribution in [3.8, 4) is 0 Å². The van der Waals surface area contributed by atoms with E-state index in [-0.39, 0.29) is 23.5 Å². The highest BCUT2D eigenvalue weighted by Gasteiger charge is 2.66. The lowest BCUT2D eigenvalue weighted by molar-refractivity contribution is -0.171. The molecule has 0 aromatic carbocycles. The number of hydrogen-bond acceptors (Lipinski definition) is 3. The third kappa shape index (κ3) is 1.95. The van der Waals surface area contributed by atoms with Crippen molar-refractivity contribution in [2.24, 2.45) is 11.3 Å². The number of nitrogens with zero attached hydrogens (tertiary/aromatic N) is 1. The molecular weight excluding hydrogens is 254 g/mol. The summed E-state index contributed by atoms with van der Waals surface area (Å²) in [5.74, 6) is 0.495. The molecule has 3 aliphatic rings. The molecule has 1 amide bonds. The number of fused-ring (bicyclic) bond motifs is 2. The fourth-order valence-corrected chi connectivity index (χ4v) is 4.16. The van der Waals surface area contributed by atoms with Gasteiger partial charge in [0.05, 0.1) is 11.5 Å². The van der Waals surface area contributed by atoms with Gasteiger partial charge < -0.3 is 9.64 Å². The number of rotatable bonds is 0. The van der Waals surface area contributed by atoms with Crippen LogP contribution in [0.1, 0.15) is 59.3 Å². The molecular formula is C16H25NO3. The van der Waals surface area contributed by atoms with Crippen LogP contribution in [0.5, 0.6) is 0 Å². The normalized spacial score (nSPS) is 31.9. The Hall–Kier alpha value is -1.06. The molecule has 0 bridgehead atoms. The topological polar surface area (TPSA) is 46.6 Å². The minimum Gasteiger partial charge on any atom is -0.444 e. The fraction of sp³-hybridized carbons (Fsp3) is 0.875. The molecule has 4 nitrogen and oxygen atoms in total. The Morgan fingerprint density at radius 1 is 1.25 bits per heavy atom. The van der Waals surface area contributed by atoms with Crippen LogP contribution in [-0.2, 0) is 9.53 Å². The molecule has 2 saturated carbocycles. The predicted molar refractivity (Wildman–Crippen MR) is 75.4 cm³/mol. The molecule has 4 heteroatoms. The molecule has 1 aliphatic heterocycles. The van der Waals surface area contributed by atoms with E-state index in [0.717, 1.165) is 45.1 Å². The first-order valence-electron chi connectivity index (χ1n) is 7.89. The first kappa shape index (κ1) is 13.9. The van der Waals surface area contributed by atoms with Gasteiger partial charge in [-0.05, 0) is 46.5 Å². The lowest BCUT2D eigenvalue weighted by Gasteiger charge is -2.60. The summed E-state index contributed by atoms with van der Waals surface area (Å²) in [5.41, 5.74) is -0.675. The number of carbonyl (C=O) groups is 2. The Morgan fingerprint density at radius 3 is 2.50 bits per heavy atom. The Kier molecular flexibility index (Phi) is 3.11. The molecule has 2 aliphatic carbocycles. The van der Waals surface area contributed by atoms with Gasteiger partial charge in [-0.2, -0.15) is 0 Å². The van der Waals surface area contributed by atoms with Gasteiger partial charge in [0.25, 0.3) is 0 Å². The van der Waals surface area contributed by atoms with E-state index in [1.807, 2.05) is 25.7 Å². The molecule has 20 heavy (non-hydrogen) atoms. The lowest BCUT2D eigenvalue weighted by atomic mass is 9.46. The van der Waals surface area contributed by atoms with Gasteiger partial charge >= 0.3 is 6.09 Å². The molecule has 1 heterocycles. The smallest absolute Gasteiger partial charge is 0.410 e. The molecule has 3 fully saturated rings. The molecule has 3 rings (SSSR count). The first-order chi connectivity index (χ1) is 9.35. The zero-order chi connectivity index (χ0) is 14.5. The molecule has 0 aromatic rings. The molecule has 2 atom stereocenters. The number of ketones is 1. The Bertz CT molecular complexity index is 433. The number of Topliss-reactive ketones (excluding diaryl/α,β-unsaturated/α-hetero) is 1. The maximum absolute atomic E-state index is 12.5. The van der Waals surface area contributed by atoms with Crippen LogP contribution >= 0.6 is 0 Å². The lowest BCUT2D eigenvalue weighted by Crippen LogP contribution is -2.71. The van der Waals surface area contributed by atoms with Crippen molar-refractivity contribution >= 4 is 11.9 Å². The van der Waals surface area contributed by atoms with E-state index in [1.54, 1.807) is 0 Å². The minimum atomic E-state index is -0.473. The molecule has 1 spiro atoms. The number of amides is 1. The maximum atomic E-state index is 12.5. The second-order valence-corrected chi connectivity index (χ2v) is 7.59. The summed E-state index contributed by atoms with van der Waals surface area (Å²) in [6.07, 6.45) is 5.80. The van der Waals surface area contributed by atoms with Gasteiger partial charge in [-0.1, -0.05) is 12.8 Å². The Labute approximate surface area is 120 Å². The van der Waals surface area contributed by atoms with Crippen LogP contribution in [0.15, 0.2) is 0 Å². The second kappa shape index (κ2) is 4.47. The third-order valence-electron chi connectivity index (χ3n) is 5.15. The van der Waals surface area contributed by atoms with Crippen molar-refractivity contribution in [3.05, 3.63) is 0 Å². The van der Waals surface area contributed by atoms with Crippen LogP contribution in [0.4, 0.5) is 4.79 Å². The second-order valence-electron chi connectivity index (χ2n) is 7.59. The number of ether oxygens (including phenoxy) is 1. The summed E-state index contributed by atoms with van der Waals surface area (Å²) in [4.78, 5) is 26.8. The average molecular weight is 279 g/mol. The molecule has 0 N–H and O–H groups in total. The molecule has 0 radical (unpaired) electrons. The minimum absolute atomic E-state index is 0.0744. The van der Waals surface area contributed by atoms with Crippen LogP contribution in [0, 0.1) is 11.3 Å². The highest BCUT2D eigenvalue weighted by Crippen LogP contribution is 2.59. The molecule has 112 valence electrons. The van der Waals surface area contributed by atoms with E-state index >= 15 is 0 Å². The van der Waals surface area contributed by atoms with Crippen LogP contribution in [0.2, 0.25) is 0 Å². The largest absolute Gasteiger partial charge is 0.444 e. The zero-order valence-corrected chi connectivity index (χ0v) is 12.8. The summed E-state index contributed by atoms with van der Waals surface area (Å²) in [6.45, 7) is 6.42. The van der Waals surface area contributed by atoms with E-state index < -0.39 is 5.60 Å². The van der Waals surface area contributed by atoms with E-state index in [9.17, 15) is 9.59 Å². The molecule has 2 unspecified atom stereocenters. The quantitative estimate of drug-likeness (QED) is 0.684. The van der Waals surface area contributed by atoms with Crippen molar-refractivity contribution < 1.29 is 14.3 Å². The van der Waals surface area contributed by atoms with Gasteiger partial charge in [0.15, 0.2) is 0 Å². The van der Waals surface area contributed by atoms with Crippen molar-refractivity contribution in [3.63, 3.8) is 0 Å². The highest BCUT2D eigenvalue weighted by molar-refractivity contribution is 5.97. The van der Waals surface area contributed by atoms with Gasteiger partial charge in [0.2, 0.25) is 0 Å². The summed E-state index contributed by atoms with van der Waals surface area (Å²) in [5, 5.41) is 0. The van der Waals surface area contributed by atoms with Crippen LogP contribution in [0.25, 0.3) is 0 Å². The molecule has 1 saturated heterocycles. The van der Waals surface area contributed by atoms with Crippen LogP contribution in [-0.4, -0.2) is 35.0 Å². The summed E-state index contributed by atoms with van der Waals surface area (Å²) in [7, 11) is 0. The fourth-order valence-electron chi connectivity index (χ4n) is 4.16. The average Bonchev–Trinajstić information content (AvgIpc) is 2.45. The highest BCUT2D eigenvalue weighted by atomic mass is 16.6. The van der Waals surface area contributed by atoms with Gasteiger partial charge in [0, 0.05) is 12.5 Å². The maximum Gasteiger partial charge on any atom is 0.410 e. The summed E-state index contributed by atoms with van der Waals surface area (Å²) < 4.78 is 5.56. The molecule has 0 aromatic heterocycles.